The van der Waals surface area contributed by atoms with Crippen LogP contribution < -0.4 is 22.1 Å². The minimum Gasteiger partial charge on any atom is -0.481 e. The van der Waals surface area contributed by atoms with Crippen LogP contribution in [0.3, 0.4) is 0 Å². The molecule has 11 nitrogen and oxygen atoms in total. The fourth-order valence-corrected chi connectivity index (χ4v) is 3.67. The fourth-order valence-electron chi connectivity index (χ4n) is 3.67. The molecule has 1 aromatic heterocycles. The molecule has 3 rings (SSSR count). The average molecular weight is 442 g/mol. The van der Waals surface area contributed by atoms with Crippen molar-refractivity contribution in [1.29, 1.82) is 0 Å². The van der Waals surface area contributed by atoms with Gasteiger partial charge in [0.25, 0.3) is 5.91 Å². The van der Waals surface area contributed by atoms with Gasteiger partial charge >= 0.3 is 11.9 Å². The molecule has 0 bridgehead atoms. The molecule has 2 aromatic rings. The maximum atomic E-state index is 12.3. The van der Waals surface area contributed by atoms with Crippen LogP contribution in [0.25, 0.3) is 0 Å². The quantitative estimate of drug-likeness (QED) is 0.325. The maximum absolute atomic E-state index is 12.3. The van der Waals surface area contributed by atoms with Crippen LogP contribution in [0.1, 0.15) is 40.9 Å². The van der Waals surface area contributed by atoms with Gasteiger partial charge in [-0.3, -0.25) is 9.59 Å². The summed E-state index contributed by atoms with van der Waals surface area (Å²) in [5.41, 5.74) is 14.6. The number of hydrogen-bond acceptors (Lipinski definition) is 8. The van der Waals surface area contributed by atoms with E-state index in [1.807, 2.05) is 0 Å². The largest absolute Gasteiger partial charge is 0.481 e. The number of rotatable bonds is 9. The van der Waals surface area contributed by atoms with Crippen molar-refractivity contribution in [2.24, 2.45) is 5.92 Å². The third-order valence-electron chi connectivity index (χ3n) is 5.42. The van der Waals surface area contributed by atoms with E-state index in [2.05, 4.69) is 20.6 Å². The molecule has 1 aromatic carbocycles. The van der Waals surface area contributed by atoms with E-state index in [9.17, 15) is 19.5 Å². The van der Waals surface area contributed by atoms with Crippen molar-refractivity contribution in [3.8, 4) is 0 Å². The Hall–Kier alpha value is -3.89. The molecule has 0 spiro atoms. The molecule has 1 heterocycles. The first-order chi connectivity index (χ1) is 15.2. The molecule has 1 aliphatic carbocycles. The minimum absolute atomic E-state index is 0.192. The maximum Gasteiger partial charge on any atom is 0.326 e. The zero-order valence-corrected chi connectivity index (χ0v) is 17.4. The Kier molecular flexibility index (Phi) is 7.08. The summed E-state index contributed by atoms with van der Waals surface area (Å²) in [4.78, 5) is 42.5. The van der Waals surface area contributed by atoms with Crippen molar-refractivity contribution in [1.82, 2.24) is 15.3 Å². The van der Waals surface area contributed by atoms with Gasteiger partial charge in [-0.15, -0.1) is 0 Å². The first-order valence-corrected chi connectivity index (χ1v) is 10.2. The Balaban J connectivity index is 1.54. The molecule has 170 valence electrons. The van der Waals surface area contributed by atoms with Gasteiger partial charge in [0.05, 0.1) is 5.69 Å². The molecule has 0 fully saturated rings. The molecule has 2 atom stereocenters. The van der Waals surface area contributed by atoms with Crippen LogP contribution in [0.5, 0.6) is 0 Å². The van der Waals surface area contributed by atoms with Crippen LogP contribution in [0, 0.1) is 5.92 Å². The van der Waals surface area contributed by atoms with Gasteiger partial charge in [0, 0.05) is 29.8 Å². The molecule has 0 saturated heterocycles. The number of anilines is 3. The van der Waals surface area contributed by atoms with E-state index in [4.69, 9.17) is 16.6 Å². The van der Waals surface area contributed by atoms with Crippen molar-refractivity contribution >= 4 is 35.3 Å². The van der Waals surface area contributed by atoms with Crippen LogP contribution in [0.2, 0.25) is 0 Å². The third-order valence-corrected chi connectivity index (χ3v) is 5.42. The van der Waals surface area contributed by atoms with Gasteiger partial charge in [-0.05, 0) is 55.9 Å². The van der Waals surface area contributed by atoms with Gasteiger partial charge in [-0.2, -0.15) is 4.98 Å². The number of aromatic nitrogens is 2. The Morgan fingerprint density at radius 2 is 1.84 bits per heavy atom. The number of aryl methyl sites for hydroxylation is 1. The smallest absolute Gasteiger partial charge is 0.326 e. The lowest BCUT2D eigenvalue weighted by Crippen LogP contribution is -2.41. The lowest BCUT2D eigenvalue weighted by molar-refractivity contribution is -0.140. The van der Waals surface area contributed by atoms with E-state index in [0.29, 0.717) is 18.3 Å². The Bertz CT molecular complexity index is 1010. The molecular formula is C21H26N6O5. The highest BCUT2D eigenvalue weighted by molar-refractivity contribution is 5.96. The van der Waals surface area contributed by atoms with E-state index in [1.54, 1.807) is 24.3 Å². The highest BCUT2D eigenvalue weighted by Gasteiger charge is 2.23. The zero-order chi connectivity index (χ0) is 23.3. The number of nitrogens with zero attached hydrogens (tertiary/aromatic N) is 2. The van der Waals surface area contributed by atoms with Gasteiger partial charge in [-0.25, -0.2) is 9.78 Å². The standard InChI is InChI=1S/C21H26N6O5/c22-18-14-9-11(1-6-15(14)26-21(23)27-18)10-24-13-4-2-12(3-5-13)19(30)25-16(20(31)32)7-8-17(28)29/h2-5,11,16,24H,1,6-10H2,(H,25,30)(H,28,29)(H,31,32)(H4,22,23,26,27)/t11-,16+/m0/s1. The monoisotopic (exact) mass is 442 g/mol. The zero-order valence-electron chi connectivity index (χ0n) is 17.4. The summed E-state index contributed by atoms with van der Waals surface area (Å²) in [7, 11) is 0. The van der Waals surface area contributed by atoms with Crippen LogP contribution in [-0.4, -0.2) is 50.6 Å². The average Bonchev–Trinajstić information content (AvgIpc) is 2.75. The number of amides is 1. The van der Waals surface area contributed by atoms with Gasteiger partial charge in [-0.1, -0.05) is 0 Å². The lowest BCUT2D eigenvalue weighted by Gasteiger charge is -2.25. The highest BCUT2D eigenvalue weighted by atomic mass is 16.4. The number of carboxylic acid groups (broad SMARTS) is 2. The highest BCUT2D eigenvalue weighted by Crippen LogP contribution is 2.28. The second-order valence-electron chi connectivity index (χ2n) is 7.76. The lowest BCUT2D eigenvalue weighted by atomic mass is 9.86. The van der Waals surface area contributed by atoms with Crippen LogP contribution in [0.15, 0.2) is 24.3 Å². The first-order valence-electron chi connectivity index (χ1n) is 10.2. The van der Waals surface area contributed by atoms with Crippen molar-refractivity contribution < 1.29 is 24.6 Å². The van der Waals surface area contributed by atoms with Crippen LogP contribution in [-0.2, 0) is 22.4 Å². The Labute approximate surface area is 184 Å². The normalized spacial score (nSPS) is 15.9. The van der Waals surface area contributed by atoms with E-state index < -0.39 is 23.9 Å². The van der Waals surface area contributed by atoms with Gasteiger partial charge in [0.15, 0.2) is 0 Å². The van der Waals surface area contributed by atoms with Crippen LogP contribution in [0.4, 0.5) is 17.5 Å². The molecule has 0 unspecified atom stereocenters. The molecule has 1 amide bonds. The summed E-state index contributed by atoms with van der Waals surface area (Å²) in [5.74, 6) is -2.02. The summed E-state index contributed by atoms with van der Waals surface area (Å²) in [6.07, 6.45) is 1.93. The number of nitrogens with two attached hydrogens (primary N) is 2. The Morgan fingerprint density at radius 1 is 1.12 bits per heavy atom. The third kappa shape index (κ3) is 5.84. The predicted octanol–water partition coefficient (Wildman–Crippen LogP) is 0.906. The van der Waals surface area contributed by atoms with E-state index >= 15 is 0 Å². The number of carbonyl (C=O) groups is 3. The topological polar surface area (TPSA) is 194 Å². The molecule has 1 aliphatic rings. The van der Waals surface area contributed by atoms with Crippen molar-refractivity contribution in [3.63, 3.8) is 0 Å². The molecule has 11 heteroatoms. The molecule has 32 heavy (non-hydrogen) atoms. The van der Waals surface area contributed by atoms with Gasteiger partial charge in [0.2, 0.25) is 5.95 Å². The number of nitrogens with one attached hydrogen (secondary N) is 2. The van der Waals surface area contributed by atoms with Gasteiger partial charge < -0.3 is 32.3 Å². The summed E-state index contributed by atoms with van der Waals surface area (Å²) >= 11 is 0. The second kappa shape index (κ2) is 9.94. The van der Waals surface area contributed by atoms with Crippen LogP contribution >= 0.6 is 0 Å². The van der Waals surface area contributed by atoms with E-state index in [0.717, 1.165) is 36.2 Å². The number of nitrogen functional groups attached to an aromatic ring is 2. The predicted molar refractivity (Wildman–Crippen MR) is 117 cm³/mol. The number of aliphatic carboxylic acids is 2. The SMILES string of the molecule is Nc1nc(N)c2c(n1)CC[C@H](CNc1ccc(C(=O)N[C@H](CCC(=O)O)C(=O)O)cc1)C2. The minimum atomic E-state index is -1.28. The number of carboxylic acids is 2. The van der Waals surface area contributed by atoms with E-state index in [-0.39, 0.29) is 24.4 Å². The molecule has 0 radical (unpaired) electrons. The van der Waals surface area contributed by atoms with Crippen molar-refractivity contribution in [2.75, 3.05) is 23.3 Å². The number of hydrogen-bond donors (Lipinski definition) is 6. The molecular weight excluding hydrogens is 416 g/mol. The second-order valence-corrected chi connectivity index (χ2v) is 7.76. The van der Waals surface area contributed by atoms with Crippen molar-refractivity contribution in [3.05, 3.63) is 41.1 Å². The van der Waals surface area contributed by atoms with Crippen molar-refractivity contribution in [2.45, 2.75) is 38.1 Å². The number of benzene rings is 1. The molecule has 0 aliphatic heterocycles. The Morgan fingerprint density at radius 3 is 2.50 bits per heavy atom. The first kappa shape index (κ1) is 22.8. The fraction of sp³-hybridized carbons (Fsp3) is 0.381. The van der Waals surface area contributed by atoms with Gasteiger partial charge in [0.1, 0.15) is 11.9 Å². The summed E-state index contributed by atoms with van der Waals surface area (Å²) in [6, 6.07) is 5.36. The molecule has 8 N–H and O–H groups in total. The summed E-state index contributed by atoms with van der Waals surface area (Å²) in [5, 5.41) is 23.6. The summed E-state index contributed by atoms with van der Waals surface area (Å²) < 4.78 is 0. The molecule has 0 saturated carbocycles. The van der Waals surface area contributed by atoms with E-state index in [1.165, 1.54) is 0 Å². The number of carbonyl (C=O) groups excluding carboxylic acids is 1. The number of fused-ring (bicyclic) bond motifs is 1. The summed E-state index contributed by atoms with van der Waals surface area (Å²) in [6.45, 7) is 0.699.